The molecular weight excluding hydrogens is 561 g/mol. The summed E-state index contributed by atoms with van der Waals surface area (Å²) in [6, 6.07) is 8.43. The second kappa shape index (κ2) is 11.3. The molecule has 2 aliphatic heterocycles. The van der Waals surface area contributed by atoms with Crippen LogP contribution in [0.25, 0.3) is 0 Å². The van der Waals surface area contributed by atoms with Gasteiger partial charge in [-0.05, 0) is 64.7 Å². The highest BCUT2D eigenvalue weighted by Crippen LogP contribution is 2.39. The van der Waals surface area contributed by atoms with Gasteiger partial charge in [0, 0.05) is 23.3 Å². The first-order valence-electron chi connectivity index (χ1n) is 12.6. The molecule has 9 nitrogen and oxygen atoms in total. The zero-order valence-electron chi connectivity index (χ0n) is 22.0. The van der Waals surface area contributed by atoms with Gasteiger partial charge in [-0.2, -0.15) is 8.42 Å². The van der Waals surface area contributed by atoms with Crippen molar-refractivity contribution in [2.45, 2.75) is 58.6 Å². The molecule has 2 heterocycles. The van der Waals surface area contributed by atoms with Crippen LogP contribution < -0.4 is 14.4 Å². The summed E-state index contributed by atoms with van der Waals surface area (Å²) in [7, 11) is -3.75. The number of nitrogens with one attached hydrogen (secondary N) is 1. The Hall–Kier alpha value is -3.88. The number of terminal acetylenes is 1. The molecule has 0 bridgehead atoms. The lowest BCUT2D eigenvalue weighted by atomic mass is 9.93. The van der Waals surface area contributed by atoms with Crippen LogP contribution in [0.15, 0.2) is 47.5 Å². The number of carbonyl (C=O) groups excluding carboxylic acids is 3. The molecule has 0 fully saturated rings. The van der Waals surface area contributed by atoms with Crippen molar-refractivity contribution in [1.82, 2.24) is 4.31 Å². The van der Waals surface area contributed by atoms with Gasteiger partial charge in [0.25, 0.3) is 17.7 Å². The van der Waals surface area contributed by atoms with E-state index >= 15 is 0 Å². The number of amides is 3. The molecule has 1 atom stereocenters. The van der Waals surface area contributed by atoms with Crippen molar-refractivity contribution < 1.29 is 31.9 Å². The molecule has 2 aromatic carbocycles. The van der Waals surface area contributed by atoms with E-state index < -0.39 is 45.9 Å². The minimum Gasteiger partial charge on any atom is -0.476 e. The molecule has 1 aliphatic carbocycles. The Morgan fingerprint density at radius 1 is 1.02 bits per heavy atom. The summed E-state index contributed by atoms with van der Waals surface area (Å²) in [6.45, 7) is 4.95. The standard InChI is InChI=1S/C18H15ClFNO3.C10H12N2O3S/c1-3-10(2)24-16-9-15(14(20)8-13(16)19)21-17(22)11-6-4-5-7-12(11)18(21)23;1-7(2)12-10(13)8-5-3-4-6-9(8)11-16(12,14)15/h1,8-10H,4-7H2,2H3;3-7,11H,1-2H3. The molecule has 12 heteroatoms. The fourth-order valence-electron chi connectivity index (χ4n) is 4.65. The Labute approximate surface area is 237 Å². The maximum absolute atomic E-state index is 14.4. The van der Waals surface area contributed by atoms with Gasteiger partial charge in [0.1, 0.15) is 11.6 Å². The summed E-state index contributed by atoms with van der Waals surface area (Å²) in [6.07, 6.45) is 7.47. The third-order valence-electron chi connectivity index (χ3n) is 6.50. The number of rotatable bonds is 4. The molecule has 40 heavy (non-hydrogen) atoms. The van der Waals surface area contributed by atoms with Crippen LogP contribution in [0.3, 0.4) is 0 Å². The molecule has 0 radical (unpaired) electrons. The summed E-state index contributed by atoms with van der Waals surface area (Å²) in [5.74, 6) is 0.325. The highest BCUT2D eigenvalue weighted by molar-refractivity contribution is 7.91. The molecule has 3 aliphatic rings. The summed E-state index contributed by atoms with van der Waals surface area (Å²) < 4.78 is 46.6. The third kappa shape index (κ3) is 5.42. The number of ether oxygens (including phenoxy) is 1. The molecule has 5 rings (SSSR count). The quantitative estimate of drug-likeness (QED) is 0.405. The van der Waals surface area contributed by atoms with E-state index in [1.807, 2.05) is 0 Å². The number of carbonyl (C=O) groups is 3. The summed E-state index contributed by atoms with van der Waals surface area (Å²) in [4.78, 5) is 38.0. The highest BCUT2D eigenvalue weighted by atomic mass is 35.5. The molecular formula is C28H27ClFN3O6S. The molecule has 1 unspecified atom stereocenters. The first kappa shape index (κ1) is 29.1. The van der Waals surface area contributed by atoms with Gasteiger partial charge in [0.2, 0.25) is 0 Å². The van der Waals surface area contributed by atoms with E-state index in [1.54, 1.807) is 45.0 Å². The van der Waals surface area contributed by atoms with Crippen molar-refractivity contribution in [2.24, 2.45) is 0 Å². The van der Waals surface area contributed by atoms with Crippen LogP contribution in [0.2, 0.25) is 5.02 Å². The Bertz CT molecular complexity index is 1550. The largest absolute Gasteiger partial charge is 0.476 e. The molecule has 210 valence electrons. The minimum atomic E-state index is -3.75. The number of hydrogen-bond donors (Lipinski definition) is 1. The van der Waals surface area contributed by atoms with Crippen LogP contribution in [0.4, 0.5) is 15.8 Å². The normalized spacial score (nSPS) is 18.4. The fourth-order valence-corrected chi connectivity index (χ4v) is 6.27. The van der Waals surface area contributed by atoms with Crippen molar-refractivity contribution in [2.75, 3.05) is 9.62 Å². The Kier molecular flexibility index (Phi) is 8.23. The fraction of sp³-hybridized carbons (Fsp3) is 0.321. The van der Waals surface area contributed by atoms with Crippen LogP contribution in [0.1, 0.15) is 56.8 Å². The number of hydrogen-bond acceptors (Lipinski definition) is 6. The van der Waals surface area contributed by atoms with Gasteiger partial charge < -0.3 is 4.74 Å². The second-order valence-corrected chi connectivity index (χ2v) is 11.6. The van der Waals surface area contributed by atoms with Crippen LogP contribution in [-0.2, 0) is 19.8 Å². The van der Waals surface area contributed by atoms with Crippen LogP contribution in [0, 0.1) is 18.2 Å². The number of para-hydroxylation sites is 1. The Balaban J connectivity index is 0.000000201. The number of fused-ring (bicyclic) bond motifs is 1. The highest BCUT2D eigenvalue weighted by Gasteiger charge is 2.41. The number of benzene rings is 2. The van der Waals surface area contributed by atoms with E-state index in [9.17, 15) is 27.2 Å². The zero-order chi connectivity index (χ0) is 29.4. The van der Waals surface area contributed by atoms with E-state index in [0.29, 0.717) is 35.2 Å². The molecule has 2 aromatic rings. The van der Waals surface area contributed by atoms with Crippen molar-refractivity contribution in [1.29, 1.82) is 0 Å². The number of imide groups is 1. The van der Waals surface area contributed by atoms with E-state index in [4.69, 9.17) is 22.8 Å². The lowest BCUT2D eigenvalue weighted by Gasteiger charge is -2.31. The molecule has 0 spiro atoms. The van der Waals surface area contributed by atoms with Gasteiger partial charge in [-0.25, -0.2) is 13.6 Å². The predicted octanol–water partition coefficient (Wildman–Crippen LogP) is 4.83. The maximum Gasteiger partial charge on any atom is 0.326 e. The minimum absolute atomic E-state index is 0.0233. The predicted molar refractivity (Wildman–Crippen MR) is 149 cm³/mol. The Morgan fingerprint density at radius 3 is 2.20 bits per heavy atom. The van der Waals surface area contributed by atoms with E-state index in [0.717, 1.165) is 28.1 Å². The van der Waals surface area contributed by atoms with Crippen LogP contribution in [-0.4, -0.2) is 42.6 Å². The van der Waals surface area contributed by atoms with Gasteiger partial charge in [-0.1, -0.05) is 29.7 Å². The van der Waals surface area contributed by atoms with Crippen molar-refractivity contribution >= 4 is 50.9 Å². The van der Waals surface area contributed by atoms with E-state index in [2.05, 4.69) is 10.6 Å². The van der Waals surface area contributed by atoms with Crippen LogP contribution in [0.5, 0.6) is 5.75 Å². The Morgan fingerprint density at radius 2 is 1.62 bits per heavy atom. The van der Waals surface area contributed by atoms with Gasteiger partial charge in [0.15, 0.2) is 6.10 Å². The lowest BCUT2D eigenvalue weighted by Crippen LogP contribution is -2.48. The summed E-state index contributed by atoms with van der Waals surface area (Å²) in [5.41, 5.74) is 1.53. The van der Waals surface area contributed by atoms with Crippen molar-refractivity contribution in [3.63, 3.8) is 0 Å². The lowest BCUT2D eigenvalue weighted by molar-refractivity contribution is -0.120. The molecule has 0 saturated carbocycles. The average Bonchev–Trinajstić information content (AvgIpc) is 3.15. The molecule has 3 amide bonds. The number of anilines is 2. The molecule has 0 aromatic heterocycles. The third-order valence-corrected chi connectivity index (χ3v) is 8.37. The maximum atomic E-state index is 14.4. The van der Waals surface area contributed by atoms with Crippen LogP contribution >= 0.6 is 11.6 Å². The van der Waals surface area contributed by atoms with Gasteiger partial charge in [-0.3, -0.25) is 19.1 Å². The topological polar surface area (TPSA) is 113 Å². The zero-order valence-corrected chi connectivity index (χ0v) is 23.6. The van der Waals surface area contributed by atoms with E-state index in [-0.39, 0.29) is 16.5 Å². The summed E-state index contributed by atoms with van der Waals surface area (Å²) in [5, 5.41) is 0.0233. The smallest absolute Gasteiger partial charge is 0.326 e. The number of nitrogens with zero attached hydrogens (tertiary/aromatic N) is 2. The monoisotopic (exact) mass is 587 g/mol. The van der Waals surface area contributed by atoms with Crippen molar-refractivity contribution in [3.8, 4) is 18.1 Å². The van der Waals surface area contributed by atoms with Crippen molar-refractivity contribution in [3.05, 3.63) is 63.9 Å². The van der Waals surface area contributed by atoms with Gasteiger partial charge in [-0.15, -0.1) is 6.42 Å². The molecule has 0 saturated heterocycles. The summed E-state index contributed by atoms with van der Waals surface area (Å²) >= 11 is 5.97. The molecule has 1 N–H and O–H groups in total. The first-order valence-corrected chi connectivity index (χ1v) is 14.4. The number of halogens is 2. The van der Waals surface area contributed by atoms with Gasteiger partial charge in [0.05, 0.1) is 22.0 Å². The SMILES string of the molecule is C#CC(C)Oc1cc(N2C(=O)C3=C(CCCC3)C2=O)c(F)cc1Cl.CC(C)N1C(=O)c2ccccc2NS1(=O)=O. The first-order chi connectivity index (χ1) is 18.9. The van der Waals surface area contributed by atoms with Gasteiger partial charge >= 0.3 is 10.2 Å². The second-order valence-electron chi connectivity index (χ2n) is 9.62. The van der Waals surface area contributed by atoms with E-state index in [1.165, 1.54) is 6.07 Å². The average molecular weight is 588 g/mol.